The summed E-state index contributed by atoms with van der Waals surface area (Å²) in [4.78, 5) is 35.3. The third kappa shape index (κ3) is 5.81. The number of hydrogen-bond acceptors (Lipinski definition) is 4. The SMILES string of the molecule is O=C(/C=C/c1ccccc1)NCC(=O)OCC(=O)Nc1ccc2c(c1)CCC2. The van der Waals surface area contributed by atoms with Crippen LogP contribution in [0.25, 0.3) is 6.08 Å². The minimum atomic E-state index is -0.675. The van der Waals surface area contributed by atoms with Crippen LogP contribution in [0, 0.1) is 0 Å². The van der Waals surface area contributed by atoms with Crippen molar-refractivity contribution in [3.8, 4) is 0 Å². The Kier molecular flexibility index (Phi) is 6.57. The number of carbonyl (C=O) groups is 3. The van der Waals surface area contributed by atoms with Crippen molar-refractivity contribution in [2.24, 2.45) is 0 Å². The summed E-state index contributed by atoms with van der Waals surface area (Å²) in [6.45, 7) is -0.699. The van der Waals surface area contributed by atoms with Crippen LogP contribution < -0.4 is 10.6 Å². The van der Waals surface area contributed by atoms with Crippen LogP contribution >= 0.6 is 0 Å². The lowest BCUT2D eigenvalue weighted by Crippen LogP contribution is -2.31. The Morgan fingerprint density at radius 3 is 2.61 bits per heavy atom. The number of amides is 2. The fourth-order valence-electron chi connectivity index (χ4n) is 3.00. The molecule has 0 fully saturated rings. The Bertz CT molecular complexity index is 891. The van der Waals surface area contributed by atoms with Gasteiger partial charge in [-0.25, -0.2) is 0 Å². The lowest BCUT2D eigenvalue weighted by atomic mass is 10.1. The molecule has 1 aliphatic carbocycles. The number of rotatable bonds is 7. The van der Waals surface area contributed by atoms with Crippen LogP contribution in [-0.2, 0) is 32.0 Å². The van der Waals surface area contributed by atoms with Crippen molar-refractivity contribution in [1.82, 2.24) is 5.32 Å². The second kappa shape index (κ2) is 9.50. The Morgan fingerprint density at radius 2 is 1.79 bits per heavy atom. The third-order valence-electron chi connectivity index (χ3n) is 4.38. The number of benzene rings is 2. The summed E-state index contributed by atoms with van der Waals surface area (Å²) < 4.78 is 4.89. The van der Waals surface area contributed by atoms with Gasteiger partial charge in [-0.3, -0.25) is 14.4 Å². The molecule has 6 heteroatoms. The van der Waals surface area contributed by atoms with Crippen LogP contribution in [0.3, 0.4) is 0 Å². The lowest BCUT2D eigenvalue weighted by molar-refractivity contribution is -0.146. The summed E-state index contributed by atoms with van der Waals surface area (Å²) in [6, 6.07) is 15.2. The van der Waals surface area contributed by atoms with Gasteiger partial charge in [0.15, 0.2) is 6.61 Å². The van der Waals surface area contributed by atoms with Gasteiger partial charge in [0.1, 0.15) is 6.54 Å². The average Bonchev–Trinajstić information content (AvgIpc) is 3.18. The van der Waals surface area contributed by atoms with Crippen LogP contribution in [0.1, 0.15) is 23.1 Å². The lowest BCUT2D eigenvalue weighted by Gasteiger charge is -2.08. The topological polar surface area (TPSA) is 84.5 Å². The summed E-state index contributed by atoms with van der Waals surface area (Å²) in [5.41, 5.74) is 4.15. The number of aryl methyl sites for hydroxylation is 2. The second-order valence-electron chi connectivity index (χ2n) is 6.51. The summed E-state index contributed by atoms with van der Waals surface area (Å²) in [5, 5.41) is 5.14. The molecule has 144 valence electrons. The van der Waals surface area contributed by atoms with Crippen molar-refractivity contribution in [3.05, 3.63) is 71.3 Å². The first-order valence-corrected chi connectivity index (χ1v) is 9.18. The monoisotopic (exact) mass is 378 g/mol. The molecule has 0 atom stereocenters. The molecule has 6 nitrogen and oxygen atoms in total. The van der Waals surface area contributed by atoms with E-state index in [1.54, 1.807) is 6.08 Å². The van der Waals surface area contributed by atoms with E-state index in [-0.39, 0.29) is 6.54 Å². The Hall–Kier alpha value is -3.41. The number of ether oxygens (including phenoxy) is 1. The van der Waals surface area contributed by atoms with Crippen LogP contribution in [0.4, 0.5) is 5.69 Å². The molecular formula is C22H22N2O4. The Labute approximate surface area is 163 Å². The van der Waals surface area contributed by atoms with Crippen molar-refractivity contribution < 1.29 is 19.1 Å². The molecule has 2 aromatic carbocycles. The van der Waals surface area contributed by atoms with E-state index in [1.165, 1.54) is 17.2 Å². The van der Waals surface area contributed by atoms with Crippen LogP contribution in [0.2, 0.25) is 0 Å². The van der Waals surface area contributed by atoms with Gasteiger partial charge in [0, 0.05) is 11.8 Å². The number of esters is 1. The third-order valence-corrected chi connectivity index (χ3v) is 4.38. The van der Waals surface area contributed by atoms with Gasteiger partial charge in [-0.2, -0.15) is 0 Å². The molecule has 1 aliphatic rings. The molecule has 0 radical (unpaired) electrons. The normalized spacial score (nSPS) is 12.4. The molecule has 2 N–H and O–H groups in total. The van der Waals surface area contributed by atoms with Gasteiger partial charge in [-0.15, -0.1) is 0 Å². The van der Waals surface area contributed by atoms with Crippen molar-refractivity contribution in [3.63, 3.8) is 0 Å². The maximum Gasteiger partial charge on any atom is 0.325 e. The smallest absolute Gasteiger partial charge is 0.325 e. The van der Waals surface area contributed by atoms with E-state index in [0.29, 0.717) is 5.69 Å². The fourth-order valence-corrected chi connectivity index (χ4v) is 3.00. The molecule has 0 aromatic heterocycles. The van der Waals surface area contributed by atoms with E-state index in [1.807, 2.05) is 48.5 Å². The summed E-state index contributed by atoms with van der Waals surface area (Å²) in [6.07, 6.45) is 6.21. The second-order valence-corrected chi connectivity index (χ2v) is 6.51. The highest BCUT2D eigenvalue weighted by Gasteiger charge is 2.13. The summed E-state index contributed by atoms with van der Waals surface area (Å²) >= 11 is 0. The molecule has 2 amide bonds. The standard InChI is InChI=1S/C22H22N2O4/c25-20(12-9-16-5-2-1-3-6-16)23-14-22(27)28-15-21(26)24-19-11-10-17-7-4-8-18(17)13-19/h1-3,5-6,9-13H,4,7-8,14-15H2,(H,23,25)(H,24,26)/b12-9+. The summed E-state index contributed by atoms with van der Waals surface area (Å²) in [7, 11) is 0. The average molecular weight is 378 g/mol. The first kappa shape index (κ1) is 19.4. The largest absolute Gasteiger partial charge is 0.454 e. The highest BCUT2D eigenvalue weighted by atomic mass is 16.5. The number of hydrogen-bond donors (Lipinski definition) is 2. The maximum absolute atomic E-state index is 11.9. The molecule has 0 saturated heterocycles. The van der Waals surface area contributed by atoms with E-state index in [2.05, 4.69) is 10.6 Å². The quantitative estimate of drug-likeness (QED) is 0.573. The summed E-state index contributed by atoms with van der Waals surface area (Å²) in [5.74, 6) is -1.50. The predicted molar refractivity (Wildman–Crippen MR) is 107 cm³/mol. The zero-order valence-electron chi connectivity index (χ0n) is 15.4. The molecule has 3 rings (SSSR count). The van der Waals surface area contributed by atoms with E-state index < -0.39 is 24.4 Å². The predicted octanol–water partition coefficient (Wildman–Crippen LogP) is 2.49. The molecule has 0 aliphatic heterocycles. The minimum Gasteiger partial charge on any atom is -0.454 e. The van der Waals surface area contributed by atoms with Gasteiger partial charge in [-0.05, 0) is 54.2 Å². The van der Waals surface area contributed by atoms with Crippen molar-refractivity contribution in [2.75, 3.05) is 18.5 Å². The van der Waals surface area contributed by atoms with Crippen molar-refractivity contribution >= 4 is 29.5 Å². The van der Waals surface area contributed by atoms with Gasteiger partial charge < -0.3 is 15.4 Å². The van der Waals surface area contributed by atoms with E-state index in [0.717, 1.165) is 24.8 Å². The van der Waals surface area contributed by atoms with Crippen LogP contribution in [0.5, 0.6) is 0 Å². The van der Waals surface area contributed by atoms with Gasteiger partial charge in [0.2, 0.25) is 5.91 Å². The minimum absolute atomic E-state index is 0.301. The Morgan fingerprint density at radius 1 is 1.00 bits per heavy atom. The van der Waals surface area contributed by atoms with Crippen LogP contribution in [-0.4, -0.2) is 30.9 Å². The zero-order chi connectivity index (χ0) is 19.8. The molecule has 0 spiro atoms. The number of fused-ring (bicyclic) bond motifs is 1. The molecule has 2 aromatic rings. The maximum atomic E-state index is 11.9. The molecule has 0 bridgehead atoms. The molecular weight excluding hydrogens is 356 g/mol. The Balaban J connectivity index is 1.36. The highest BCUT2D eigenvalue weighted by molar-refractivity contribution is 5.95. The molecule has 0 heterocycles. The zero-order valence-corrected chi connectivity index (χ0v) is 15.4. The molecule has 0 saturated carbocycles. The van der Waals surface area contributed by atoms with Crippen molar-refractivity contribution in [1.29, 1.82) is 0 Å². The fraction of sp³-hybridized carbons (Fsp3) is 0.227. The van der Waals surface area contributed by atoms with Crippen molar-refractivity contribution in [2.45, 2.75) is 19.3 Å². The first-order valence-electron chi connectivity index (χ1n) is 9.18. The van der Waals surface area contributed by atoms with Gasteiger partial charge >= 0.3 is 5.97 Å². The van der Waals surface area contributed by atoms with Crippen LogP contribution in [0.15, 0.2) is 54.6 Å². The first-order chi connectivity index (χ1) is 13.6. The molecule has 28 heavy (non-hydrogen) atoms. The van der Waals surface area contributed by atoms with Gasteiger partial charge in [0.05, 0.1) is 0 Å². The molecule has 0 unspecified atom stereocenters. The van der Waals surface area contributed by atoms with Gasteiger partial charge in [-0.1, -0.05) is 36.4 Å². The van der Waals surface area contributed by atoms with Gasteiger partial charge in [0.25, 0.3) is 5.91 Å². The van der Waals surface area contributed by atoms with E-state index in [9.17, 15) is 14.4 Å². The number of anilines is 1. The number of carbonyl (C=O) groups excluding carboxylic acids is 3. The van der Waals surface area contributed by atoms with E-state index >= 15 is 0 Å². The number of nitrogens with one attached hydrogen (secondary N) is 2. The van der Waals surface area contributed by atoms with E-state index in [4.69, 9.17) is 4.74 Å². The highest BCUT2D eigenvalue weighted by Crippen LogP contribution is 2.24.